The number of hydrogen-bond acceptors (Lipinski definition) is 3. The van der Waals surface area contributed by atoms with E-state index in [4.69, 9.17) is 10.5 Å². The summed E-state index contributed by atoms with van der Waals surface area (Å²) in [5.41, 5.74) is 5.91. The summed E-state index contributed by atoms with van der Waals surface area (Å²) in [5, 5.41) is 0. The highest BCUT2D eigenvalue weighted by molar-refractivity contribution is 5.82. The molecule has 0 rings (SSSR count). The summed E-state index contributed by atoms with van der Waals surface area (Å²) in [5.74, 6) is -0.319. The Labute approximate surface area is 150 Å². The van der Waals surface area contributed by atoms with Crippen LogP contribution in [0.5, 0.6) is 0 Å². The molecule has 0 spiro atoms. The second-order valence-corrected chi connectivity index (χ2v) is 7.01. The average molecular weight is 340 g/mol. The van der Waals surface area contributed by atoms with Gasteiger partial charge in [0.15, 0.2) is 0 Å². The van der Waals surface area contributed by atoms with E-state index in [0.717, 1.165) is 12.8 Å². The lowest BCUT2D eigenvalue weighted by Gasteiger charge is -2.04. The zero-order chi connectivity index (χ0) is 17.9. The van der Waals surface area contributed by atoms with Gasteiger partial charge in [-0.15, -0.1) is 0 Å². The van der Waals surface area contributed by atoms with Crippen molar-refractivity contribution < 1.29 is 9.53 Å². The van der Waals surface area contributed by atoms with Crippen LogP contribution in [0.25, 0.3) is 0 Å². The molecule has 0 saturated carbocycles. The summed E-state index contributed by atoms with van der Waals surface area (Å²) >= 11 is 0. The maximum atomic E-state index is 11.2. The lowest BCUT2D eigenvalue weighted by atomic mass is 10.0. The van der Waals surface area contributed by atoms with E-state index in [9.17, 15) is 4.79 Å². The molecule has 0 amide bonds. The molecule has 0 fully saturated rings. The number of allylic oxidation sites excluding steroid dienone is 1. The monoisotopic (exact) mass is 339 g/mol. The summed E-state index contributed by atoms with van der Waals surface area (Å²) in [6.45, 7) is 4.48. The van der Waals surface area contributed by atoms with Gasteiger partial charge in [0.05, 0.1) is 6.61 Å². The van der Waals surface area contributed by atoms with E-state index in [1.165, 1.54) is 89.5 Å². The van der Waals surface area contributed by atoms with Gasteiger partial charge in [-0.05, 0) is 13.3 Å². The molecule has 0 bridgehead atoms. The molecule has 0 aliphatic rings. The molecule has 3 heteroatoms. The van der Waals surface area contributed by atoms with Gasteiger partial charge in [0.1, 0.15) is 0 Å². The summed E-state index contributed by atoms with van der Waals surface area (Å²) < 4.78 is 5.07. The van der Waals surface area contributed by atoms with Gasteiger partial charge in [0.2, 0.25) is 0 Å². The molecular weight excluding hydrogens is 298 g/mol. The van der Waals surface area contributed by atoms with Gasteiger partial charge in [-0.2, -0.15) is 0 Å². The van der Waals surface area contributed by atoms with Gasteiger partial charge in [0.25, 0.3) is 0 Å². The highest BCUT2D eigenvalue weighted by atomic mass is 16.5. The van der Waals surface area contributed by atoms with Crippen molar-refractivity contribution in [3.63, 3.8) is 0 Å². The fourth-order valence-electron chi connectivity index (χ4n) is 2.87. The normalized spacial score (nSPS) is 11.7. The first-order valence-corrected chi connectivity index (χ1v) is 10.3. The number of rotatable bonds is 17. The lowest BCUT2D eigenvalue weighted by Crippen LogP contribution is -2.05. The van der Waals surface area contributed by atoms with Crippen LogP contribution >= 0.6 is 0 Å². The Morgan fingerprint density at radius 1 is 0.750 bits per heavy atom. The maximum absolute atomic E-state index is 11.2. The topological polar surface area (TPSA) is 52.3 Å². The van der Waals surface area contributed by atoms with E-state index < -0.39 is 0 Å². The van der Waals surface area contributed by atoms with Gasteiger partial charge in [-0.1, -0.05) is 96.8 Å². The highest BCUT2D eigenvalue weighted by Crippen LogP contribution is 2.13. The number of unbranched alkanes of at least 4 members (excludes halogenated alkanes) is 14. The molecule has 0 radical (unpaired) electrons. The smallest absolute Gasteiger partial charge is 0.332 e. The summed E-state index contributed by atoms with van der Waals surface area (Å²) in [4.78, 5) is 11.2. The van der Waals surface area contributed by atoms with Crippen LogP contribution in [0.3, 0.4) is 0 Å². The molecule has 0 aromatic heterocycles. The fourth-order valence-corrected chi connectivity index (χ4v) is 2.87. The van der Waals surface area contributed by atoms with E-state index in [1.807, 2.05) is 0 Å². The molecule has 0 aromatic carbocycles. The third kappa shape index (κ3) is 19.1. The third-order valence-electron chi connectivity index (χ3n) is 4.34. The van der Waals surface area contributed by atoms with Gasteiger partial charge in [-0.3, -0.25) is 0 Å². The molecule has 0 aromatic rings. The predicted molar refractivity (Wildman–Crippen MR) is 104 cm³/mol. The number of carbonyl (C=O) groups is 1. The number of carbonyl (C=O) groups excluding carboxylic acids is 1. The van der Waals surface area contributed by atoms with Crippen LogP contribution in [-0.2, 0) is 9.53 Å². The minimum Gasteiger partial charge on any atom is -0.462 e. The Morgan fingerprint density at radius 2 is 1.12 bits per heavy atom. The zero-order valence-electron chi connectivity index (χ0n) is 16.3. The largest absolute Gasteiger partial charge is 0.462 e. The van der Waals surface area contributed by atoms with E-state index >= 15 is 0 Å². The Morgan fingerprint density at radius 3 is 1.50 bits per heavy atom. The second-order valence-electron chi connectivity index (χ2n) is 7.01. The molecule has 0 aliphatic heterocycles. The van der Waals surface area contributed by atoms with Gasteiger partial charge in [-0.25, -0.2) is 4.79 Å². The van der Waals surface area contributed by atoms with Crippen LogP contribution in [0, 0.1) is 0 Å². The molecule has 0 unspecified atom stereocenters. The minimum atomic E-state index is -0.319. The van der Waals surface area contributed by atoms with Crippen LogP contribution in [0.15, 0.2) is 11.8 Å². The first-order valence-electron chi connectivity index (χ1n) is 10.3. The second kappa shape index (κ2) is 18.4. The van der Waals surface area contributed by atoms with Crippen LogP contribution < -0.4 is 5.73 Å². The molecule has 142 valence electrons. The van der Waals surface area contributed by atoms with E-state index in [0.29, 0.717) is 12.3 Å². The zero-order valence-corrected chi connectivity index (χ0v) is 16.3. The fraction of sp³-hybridized carbons (Fsp3) is 0.857. The maximum Gasteiger partial charge on any atom is 0.332 e. The standard InChI is InChI=1S/C21H41NO2/c1-3-4-5-6-7-8-9-10-11-12-13-14-15-16-17-18-24-21(23)19-20(2)22/h19H,3-18,22H2,1-2H3/b20-19-. The molecule has 0 atom stereocenters. The van der Waals surface area contributed by atoms with Crippen LogP contribution in [0.4, 0.5) is 0 Å². The molecule has 0 saturated heterocycles. The van der Waals surface area contributed by atoms with Crippen molar-refractivity contribution in [3.8, 4) is 0 Å². The quantitative estimate of drug-likeness (QED) is 0.193. The van der Waals surface area contributed by atoms with Crippen molar-refractivity contribution in [1.82, 2.24) is 0 Å². The summed E-state index contributed by atoms with van der Waals surface area (Å²) in [7, 11) is 0. The van der Waals surface area contributed by atoms with Crippen LogP contribution in [-0.4, -0.2) is 12.6 Å². The van der Waals surface area contributed by atoms with Crippen molar-refractivity contribution in [1.29, 1.82) is 0 Å². The number of esters is 1. The van der Waals surface area contributed by atoms with Crippen molar-refractivity contribution in [2.45, 2.75) is 110 Å². The Hall–Kier alpha value is -0.990. The van der Waals surface area contributed by atoms with Crippen molar-refractivity contribution in [2.24, 2.45) is 5.73 Å². The SMILES string of the molecule is CCCCCCCCCCCCCCCCCOC(=O)/C=C(/C)N. The summed E-state index contributed by atoms with van der Waals surface area (Å²) in [6.07, 6.45) is 21.5. The van der Waals surface area contributed by atoms with Crippen LogP contribution in [0.2, 0.25) is 0 Å². The molecule has 0 aliphatic carbocycles. The summed E-state index contributed by atoms with van der Waals surface area (Å²) in [6, 6.07) is 0. The first kappa shape index (κ1) is 23.0. The molecular formula is C21H41NO2. The van der Waals surface area contributed by atoms with Crippen LogP contribution in [0.1, 0.15) is 110 Å². The molecule has 3 nitrogen and oxygen atoms in total. The van der Waals surface area contributed by atoms with E-state index in [1.54, 1.807) is 6.92 Å². The Balaban J connectivity index is 3.10. The molecule has 24 heavy (non-hydrogen) atoms. The lowest BCUT2D eigenvalue weighted by molar-refractivity contribution is -0.137. The van der Waals surface area contributed by atoms with Crippen molar-refractivity contribution in [2.75, 3.05) is 6.61 Å². The predicted octanol–water partition coefficient (Wildman–Crippen LogP) is 6.26. The van der Waals surface area contributed by atoms with E-state index in [2.05, 4.69) is 6.92 Å². The van der Waals surface area contributed by atoms with Gasteiger partial charge >= 0.3 is 5.97 Å². The van der Waals surface area contributed by atoms with E-state index in [-0.39, 0.29) is 5.97 Å². The number of nitrogens with two attached hydrogens (primary N) is 1. The van der Waals surface area contributed by atoms with Gasteiger partial charge in [0, 0.05) is 11.8 Å². The molecule has 2 N–H and O–H groups in total. The Bertz CT molecular complexity index is 309. The first-order chi connectivity index (χ1) is 11.7. The Kier molecular flexibility index (Phi) is 17.6. The third-order valence-corrected chi connectivity index (χ3v) is 4.34. The minimum absolute atomic E-state index is 0.319. The van der Waals surface area contributed by atoms with Crippen molar-refractivity contribution in [3.05, 3.63) is 11.8 Å². The average Bonchev–Trinajstić information content (AvgIpc) is 2.53. The highest BCUT2D eigenvalue weighted by Gasteiger charge is 1.98. The van der Waals surface area contributed by atoms with Gasteiger partial charge < -0.3 is 10.5 Å². The van der Waals surface area contributed by atoms with Crippen molar-refractivity contribution >= 4 is 5.97 Å². The molecule has 0 heterocycles. The number of ether oxygens (including phenoxy) is 1. The number of hydrogen-bond donors (Lipinski definition) is 1.